The molecule has 0 atom stereocenters. The number of aromatic nitrogens is 2. The number of nitrogens with zero attached hydrogens (tertiary/aromatic N) is 2. The van der Waals surface area contributed by atoms with E-state index in [0.29, 0.717) is 13.0 Å². The number of hydrogen-bond acceptors (Lipinski definition) is 3. The number of para-hydroxylation sites is 3. The fourth-order valence-electron chi connectivity index (χ4n) is 3.41. The van der Waals surface area contributed by atoms with Gasteiger partial charge >= 0.3 is 6.61 Å². The van der Waals surface area contributed by atoms with Crippen LogP contribution in [0.2, 0.25) is 0 Å². The van der Waals surface area contributed by atoms with Gasteiger partial charge in [0.2, 0.25) is 5.91 Å². The van der Waals surface area contributed by atoms with Crippen molar-refractivity contribution in [3.05, 3.63) is 90.3 Å². The van der Waals surface area contributed by atoms with Gasteiger partial charge in [0, 0.05) is 25.1 Å². The van der Waals surface area contributed by atoms with Crippen LogP contribution in [0.1, 0.15) is 17.8 Å². The second-order valence-corrected chi connectivity index (χ2v) is 6.99. The van der Waals surface area contributed by atoms with Gasteiger partial charge in [0.25, 0.3) is 0 Å². The van der Waals surface area contributed by atoms with E-state index in [4.69, 9.17) is 4.98 Å². The highest BCUT2D eigenvalue weighted by Gasteiger charge is 2.13. The quantitative estimate of drug-likeness (QED) is 0.441. The molecule has 4 aromatic rings. The summed E-state index contributed by atoms with van der Waals surface area (Å²) in [7, 11) is 0. The van der Waals surface area contributed by atoms with Crippen molar-refractivity contribution in [1.29, 1.82) is 0 Å². The molecule has 1 heterocycles. The van der Waals surface area contributed by atoms with Crippen LogP contribution in [0.5, 0.6) is 5.75 Å². The third-order valence-electron chi connectivity index (χ3n) is 4.86. The number of ether oxygens (including phenoxy) is 1. The van der Waals surface area contributed by atoms with E-state index in [0.717, 1.165) is 28.1 Å². The van der Waals surface area contributed by atoms with Crippen molar-refractivity contribution in [1.82, 2.24) is 14.9 Å². The zero-order valence-electron chi connectivity index (χ0n) is 16.7. The van der Waals surface area contributed by atoms with Crippen LogP contribution in [0.25, 0.3) is 16.7 Å². The number of aryl methyl sites for hydroxylation is 1. The van der Waals surface area contributed by atoms with Gasteiger partial charge in [-0.15, -0.1) is 0 Å². The minimum absolute atomic E-state index is 0.0879. The molecule has 1 N–H and O–H groups in total. The predicted octanol–water partition coefficient (Wildman–Crippen LogP) is 4.88. The maximum absolute atomic E-state index is 12.4. The van der Waals surface area contributed by atoms with Crippen LogP contribution >= 0.6 is 0 Å². The van der Waals surface area contributed by atoms with Crippen molar-refractivity contribution in [2.45, 2.75) is 26.0 Å². The molecular formula is C24H21F2N3O2. The van der Waals surface area contributed by atoms with E-state index in [1.54, 1.807) is 12.1 Å². The fourth-order valence-corrected chi connectivity index (χ4v) is 3.41. The lowest BCUT2D eigenvalue weighted by atomic mass is 10.2. The molecule has 0 fully saturated rings. The molecule has 4 rings (SSSR count). The first-order valence-corrected chi connectivity index (χ1v) is 9.92. The normalized spacial score (nSPS) is 11.1. The topological polar surface area (TPSA) is 56.2 Å². The van der Waals surface area contributed by atoms with Crippen LogP contribution in [0.3, 0.4) is 0 Å². The van der Waals surface area contributed by atoms with Crippen LogP contribution in [0, 0.1) is 0 Å². The molecule has 0 spiro atoms. The first-order valence-electron chi connectivity index (χ1n) is 9.92. The number of amides is 1. The van der Waals surface area contributed by atoms with Crippen LogP contribution in [0.4, 0.5) is 8.78 Å². The molecule has 1 aromatic heterocycles. The maximum Gasteiger partial charge on any atom is 0.387 e. The molecule has 0 saturated heterocycles. The number of hydrogen-bond donors (Lipinski definition) is 1. The zero-order valence-corrected chi connectivity index (χ0v) is 16.7. The molecule has 0 saturated carbocycles. The molecule has 0 bridgehead atoms. The first-order chi connectivity index (χ1) is 15.1. The number of carbonyl (C=O) groups excluding carboxylic acids is 1. The number of rotatable bonds is 8. The standard InChI is InChI=1S/C24H21F2N3O2/c25-24(26)31-19-12-10-17(11-13-19)16-27-23(30)15-14-22-28-20-8-4-5-9-21(20)29(22)18-6-2-1-3-7-18/h1-13,24H,14-16H2,(H,27,30). The van der Waals surface area contributed by atoms with Crippen molar-refractivity contribution in [3.8, 4) is 11.4 Å². The molecule has 0 aliphatic rings. The first kappa shape index (κ1) is 20.5. The Hall–Kier alpha value is -3.74. The Kier molecular flexibility index (Phi) is 6.21. The van der Waals surface area contributed by atoms with Crippen molar-refractivity contribution in [2.24, 2.45) is 0 Å². The lowest BCUT2D eigenvalue weighted by Crippen LogP contribution is -2.23. The molecule has 3 aromatic carbocycles. The van der Waals surface area contributed by atoms with Gasteiger partial charge in [0.05, 0.1) is 11.0 Å². The number of carbonyl (C=O) groups is 1. The average Bonchev–Trinajstić information content (AvgIpc) is 3.16. The van der Waals surface area contributed by atoms with Gasteiger partial charge in [-0.05, 0) is 42.0 Å². The maximum atomic E-state index is 12.4. The Balaban J connectivity index is 1.40. The summed E-state index contributed by atoms with van der Waals surface area (Å²) in [6, 6.07) is 24.0. The number of alkyl halides is 2. The van der Waals surface area contributed by atoms with Gasteiger partial charge in [-0.1, -0.05) is 42.5 Å². The third kappa shape index (κ3) is 5.06. The van der Waals surface area contributed by atoms with E-state index in [9.17, 15) is 13.6 Å². The van der Waals surface area contributed by atoms with Crippen molar-refractivity contribution in [2.75, 3.05) is 0 Å². The Morgan fingerprint density at radius 1 is 0.968 bits per heavy atom. The predicted molar refractivity (Wildman–Crippen MR) is 114 cm³/mol. The monoisotopic (exact) mass is 421 g/mol. The molecule has 0 unspecified atom stereocenters. The lowest BCUT2D eigenvalue weighted by molar-refractivity contribution is -0.121. The van der Waals surface area contributed by atoms with Crippen molar-refractivity contribution >= 4 is 16.9 Å². The second kappa shape index (κ2) is 9.38. The van der Waals surface area contributed by atoms with Crippen molar-refractivity contribution in [3.63, 3.8) is 0 Å². The Labute approximate surface area is 178 Å². The van der Waals surface area contributed by atoms with E-state index in [-0.39, 0.29) is 18.1 Å². The van der Waals surface area contributed by atoms with Crippen LogP contribution in [-0.2, 0) is 17.8 Å². The molecule has 31 heavy (non-hydrogen) atoms. The number of nitrogens with one attached hydrogen (secondary N) is 1. The van der Waals surface area contributed by atoms with Gasteiger partial charge in [-0.2, -0.15) is 8.78 Å². The fraction of sp³-hybridized carbons (Fsp3) is 0.167. The summed E-state index contributed by atoms with van der Waals surface area (Å²) in [5.74, 6) is 0.792. The minimum atomic E-state index is -2.86. The Bertz CT molecular complexity index is 1160. The lowest BCUT2D eigenvalue weighted by Gasteiger charge is -2.10. The SMILES string of the molecule is O=C(CCc1nc2ccccc2n1-c1ccccc1)NCc1ccc(OC(F)F)cc1. The molecule has 1 amide bonds. The number of imidazole rings is 1. The molecule has 0 aliphatic carbocycles. The average molecular weight is 421 g/mol. The molecule has 7 heteroatoms. The zero-order chi connectivity index (χ0) is 21.6. The van der Waals surface area contributed by atoms with Gasteiger partial charge < -0.3 is 10.1 Å². The van der Waals surface area contributed by atoms with E-state index >= 15 is 0 Å². The molecule has 5 nitrogen and oxygen atoms in total. The summed E-state index contributed by atoms with van der Waals surface area (Å²) in [6.45, 7) is -2.55. The largest absolute Gasteiger partial charge is 0.435 e. The minimum Gasteiger partial charge on any atom is -0.435 e. The summed E-state index contributed by atoms with van der Waals surface area (Å²) < 4.78 is 30.8. The molecular weight excluding hydrogens is 400 g/mol. The van der Waals surface area contributed by atoms with Gasteiger partial charge in [0.1, 0.15) is 11.6 Å². The van der Waals surface area contributed by atoms with Gasteiger partial charge in [0.15, 0.2) is 0 Å². The molecule has 0 radical (unpaired) electrons. The Morgan fingerprint density at radius 3 is 2.42 bits per heavy atom. The second-order valence-electron chi connectivity index (χ2n) is 6.99. The highest BCUT2D eigenvalue weighted by molar-refractivity contribution is 5.79. The van der Waals surface area contributed by atoms with E-state index < -0.39 is 6.61 Å². The Morgan fingerprint density at radius 2 is 1.68 bits per heavy atom. The van der Waals surface area contributed by atoms with E-state index in [1.165, 1.54) is 12.1 Å². The summed E-state index contributed by atoms with van der Waals surface area (Å²) >= 11 is 0. The highest BCUT2D eigenvalue weighted by atomic mass is 19.3. The highest BCUT2D eigenvalue weighted by Crippen LogP contribution is 2.22. The van der Waals surface area contributed by atoms with E-state index in [2.05, 4.69) is 14.6 Å². The van der Waals surface area contributed by atoms with Crippen LogP contribution in [0.15, 0.2) is 78.9 Å². The summed E-state index contributed by atoms with van der Waals surface area (Å²) in [4.78, 5) is 17.1. The summed E-state index contributed by atoms with van der Waals surface area (Å²) in [6.07, 6.45) is 0.763. The van der Waals surface area contributed by atoms with Gasteiger partial charge in [-0.3, -0.25) is 9.36 Å². The summed E-state index contributed by atoms with van der Waals surface area (Å²) in [5.41, 5.74) is 3.67. The molecule has 0 aliphatic heterocycles. The number of halogens is 2. The molecule has 158 valence electrons. The smallest absolute Gasteiger partial charge is 0.387 e. The van der Waals surface area contributed by atoms with Crippen LogP contribution < -0.4 is 10.1 Å². The number of benzene rings is 3. The van der Waals surface area contributed by atoms with Crippen molar-refractivity contribution < 1.29 is 18.3 Å². The third-order valence-corrected chi connectivity index (χ3v) is 4.86. The summed E-state index contributed by atoms with van der Waals surface area (Å²) in [5, 5.41) is 2.86. The van der Waals surface area contributed by atoms with Crippen LogP contribution in [-0.4, -0.2) is 22.1 Å². The van der Waals surface area contributed by atoms with Gasteiger partial charge in [-0.25, -0.2) is 4.98 Å². The van der Waals surface area contributed by atoms with E-state index in [1.807, 2.05) is 54.6 Å². The number of fused-ring (bicyclic) bond motifs is 1.